The fourth-order valence-corrected chi connectivity index (χ4v) is 3.42. The molecule has 2 atom stereocenters. The molecule has 3 rings (SSSR count). The number of benzene rings is 3. The van der Waals surface area contributed by atoms with Gasteiger partial charge in [-0.3, -0.25) is 9.59 Å². The highest BCUT2D eigenvalue weighted by atomic mass is 16.5. The highest BCUT2D eigenvalue weighted by molar-refractivity contribution is 5.90. The van der Waals surface area contributed by atoms with Crippen molar-refractivity contribution in [2.75, 3.05) is 6.61 Å². The van der Waals surface area contributed by atoms with Crippen LogP contribution in [0.1, 0.15) is 37.8 Å². The van der Waals surface area contributed by atoms with E-state index in [0.717, 1.165) is 23.3 Å². The number of nitrogens with one attached hydrogen (secondary N) is 1. The Bertz CT molecular complexity index is 1020. The number of carbonyl (C=O) groups is 2. The van der Waals surface area contributed by atoms with Crippen LogP contribution in [0, 0.1) is 5.92 Å². The standard InChI is InChI=1S/C29H33NO4/c1-3-22(2)18-29(32)30-27(21-33-20-24-10-6-4-7-11-24)28(31)19-23-14-16-26(17-15-23)34-25-12-8-5-9-13-25/h4-17,22,27H,3,18-21H2,1-2H3,(H,30,32). The van der Waals surface area contributed by atoms with Gasteiger partial charge in [-0.25, -0.2) is 0 Å². The molecule has 0 saturated heterocycles. The number of hydrogen-bond donors (Lipinski definition) is 1. The summed E-state index contributed by atoms with van der Waals surface area (Å²) in [6, 6.07) is 26.1. The molecule has 34 heavy (non-hydrogen) atoms. The molecule has 1 amide bonds. The smallest absolute Gasteiger partial charge is 0.220 e. The Labute approximate surface area is 202 Å². The highest BCUT2D eigenvalue weighted by Crippen LogP contribution is 2.21. The van der Waals surface area contributed by atoms with Gasteiger partial charge >= 0.3 is 0 Å². The lowest BCUT2D eigenvalue weighted by molar-refractivity contribution is -0.129. The van der Waals surface area contributed by atoms with Gasteiger partial charge in [-0.1, -0.05) is 80.9 Å². The summed E-state index contributed by atoms with van der Waals surface area (Å²) >= 11 is 0. The van der Waals surface area contributed by atoms with E-state index in [1.807, 2.05) is 91.9 Å². The van der Waals surface area contributed by atoms with E-state index in [9.17, 15) is 9.59 Å². The Balaban J connectivity index is 1.60. The molecule has 0 bridgehead atoms. The molecular weight excluding hydrogens is 426 g/mol. The van der Waals surface area contributed by atoms with Crippen LogP contribution in [0.2, 0.25) is 0 Å². The summed E-state index contributed by atoms with van der Waals surface area (Å²) in [7, 11) is 0. The van der Waals surface area contributed by atoms with Crippen molar-refractivity contribution in [1.82, 2.24) is 5.32 Å². The van der Waals surface area contributed by atoms with Gasteiger partial charge in [-0.15, -0.1) is 0 Å². The zero-order chi connectivity index (χ0) is 24.2. The van der Waals surface area contributed by atoms with Crippen molar-refractivity contribution in [2.45, 2.75) is 45.8 Å². The maximum atomic E-state index is 13.1. The van der Waals surface area contributed by atoms with Gasteiger partial charge in [0.2, 0.25) is 5.91 Å². The second-order valence-corrected chi connectivity index (χ2v) is 8.54. The maximum Gasteiger partial charge on any atom is 0.220 e. The van der Waals surface area contributed by atoms with Crippen molar-refractivity contribution < 1.29 is 19.1 Å². The first-order valence-electron chi connectivity index (χ1n) is 11.8. The number of Topliss-reactive ketones (excluding diaryl/α,β-unsaturated/α-hetero) is 1. The molecule has 5 heteroatoms. The maximum absolute atomic E-state index is 13.1. The predicted octanol–water partition coefficient (Wildman–Crippen LogP) is 5.73. The topological polar surface area (TPSA) is 64.6 Å². The highest BCUT2D eigenvalue weighted by Gasteiger charge is 2.22. The van der Waals surface area contributed by atoms with Gasteiger partial charge in [0.1, 0.15) is 17.5 Å². The van der Waals surface area contributed by atoms with Gasteiger partial charge < -0.3 is 14.8 Å². The van der Waals surface area contributed by atoms with Crippen LogP contribution in [0.4, 0.5) is 0 Å². The molecule has 0 fully saturated rings. The van der Waals surface area contributed by atoms with Crippen LogP contribution in [0.25, 0.3) is 0 Å². The fraction of sp³-hybridized carbons (Fsp3) is 0.310. The summed E-state index contributed by atoms with van der Waals surface area (Å²) in [6.45, 7) is 4.60. The van der Waals surface area contributed by atoms with Gasteiger partial charge in [0, 0.05) is 12.8 Å². The van der Waals surface area contributed by atoms with E-state index in [0.29, 0.717) is 18.8 Å². The van der Waals surface area contributed by atoms with Gasteiger partial charge in [0.25, 0.3) is 0 Å². The molecule has 1 N–H and O–H groups in total. The number of amides is 1. The van der Waals surface area contributed by atoms with Crippen LogP contribution >= 0.6 is 0 Å². The number of hydrogen-bond acceptors (Lipinski definition) is 4. The minimum absolute atomic E-state index is 0.0812. The molecule has 0 saturated carbocycles. The van der Waals surface area contributed by atoms with E-state index in [1.165, 1.54) is 0 Å². The Kier molecular flexibility index (Phi) is 9.86. The molecule has 0 radical (unpaired) electrons. The first-order chi connectivity index (χ1) is 16.5. The number of ketones is 1. The van der Waals surface area contributed by atoms with Gasteiger partial charge in [-0.2, -0.15) is 0 Å². The molecule has 0 heterocycles. The van der Waals surface area contributed by atoms with Crippen molar-refractivity contribution in [1.29, 1.82) is 0 Å². The second-order valence-electron chi connectivity index (χ2n) is 8.54. The van der Waals surface area contributed by atoms with E-state index in [-0.39, 0.29) is 30.6 Å². The van der Waals surface area contributed by atoms with Crippen LogP contribution < -0.4 is 10.1 Å². The average molecular weight is 460 g/mol. The Morgan fingerprint density at radius 3 is 2.09 bits per heavy atom. The molecule has 178 valence electrons. The zero-order valence-corrected chi connectivity index (χ0v) is 19.9. The lowest BCUT2D eigenvalue weighted by atomic mass is 10.0. The van der Waals surface area contributed by atoms with Crippen molar-refractivity contribution in [3.63, 3.8) is 0 Å². The fourth-order valence-electron chi connectivity index (χ4n) is 3.42. The van der Waals surface area contributed by atoms with E-state index in [4.69, 9.17) is 9.47 Å². The molecule has 0 spiro atoms. The minimum Gasteiger partial charge on any atom is -0.457 e. The van der Waals surface area contributed by atoms with Crippen LogP contribution in [0.5, 0.6) is 11.5 Å². The summed E-state index contributed by atoms with van der Waals surface area (Å²) in [4.78, 5) is 25.6. The summed E-state index contributed by atoms with van der Waals surface area (Å²) in [6.07, 6.45) is 1.51. The zero-order valence-electron chi connectivity index (χ0n) is 19.9. The first kappa shape index (κ1) is 25.2. The molecule has 0 aliphatic carbocycles. The van der Waals surface area contributed by atoms with Crippen LogP contribution in [-0.4, -0.2) is 24.3 Å². The van der Waals surface area contributed by atoms with Crippen molar-refractivity contribution in [3.8, 4) is 11.5 Å². The van der Waals surface area contributed by atoms with Crippen molar-refractivity contribution in [2.24, 2.45) is 5.92 Å². The Morgan fingerprint density at radius 2 is 1.44 bits per heavy atom. The van der Waals surface area contributed by atoms with Crippen LogP contribution in [0.15, 0.2) is 84.9 Å². The van der Waals surface area contributed by atoms with Gasteiger partial charge in [-0.05, 0) is 41.3 Å². The molecule has 5 nitrogen and oxygen atoms in total. The van der Waals surface area contributed by atoms with Gasteiger partial charge in [0.15, 0.2) is 5.78 Å². The van der Waals surface area contributed by atoms with E-state index in [1.54, 1.807) is 0 Å². The first-order valence-corrected chi connectivity index (χ1v) is 11.8. The van der Waals surface area contributed by atoms with Crippen LogP contribution in [0.3, 0.4) is 0 Å². The molecular formula is C29H33NO4. The lowest BCUT2D eigenvalue weighted by Crippen LogP contribution is -2.45. The molecule has 3 aromatic carbocycles. The molecule has 2 unspecified atom stereocenters. The summed E-state index contributed by atoms with van der Waals surface area (Å²) in [5.41, 5.74) is 1.88. The largest absolute Gasteiger partial charge is 0.457 e. The quantitative estimate of drug-likeness (QED) is 0.355. The third-order valence-electron chi connectivity index (χ3n) is 5.63. The SMILES string of the molecule is CCC(C)CC(=O)NC(COCc1ccccc1)C(=O)Cc1ccc(Oc2ccccc2)cc1. The molecule has 0 aromatic heterocycles. The second kappa shape index (κ2) is 13.3. The Hall–Kier alpha value is -3.44. The average Bonchev–Trinajstić information content (AvgIpc) is 2.85. The van der Waals surface area contributed by atoms with Gasteiger partial charge in [0.05, 0.1) is 13.2 Å². The summed E-state index contributed by atoms with van der Waals surface area (Å²) in [5, 5.41) is 2.89. The van der Waals surface area contributed by atoms with E-state index >= 15 is 0 Å². The summed E-state index contributed by atoms with van der Waals surface area (Å²) < 4.78 is 11.6. The molecule has 0 aliphatic rings. The third-order valence-corrected chi connectivity index (χ3v) is 5.63. The van der Waals surface area contributed by atoms with Crippen molar-refractivity contribution in [3.05, 3.63) is 96.1 Å². The molecule has 3 aromatic rings. The molecule has 0 aliphatic heterocycles. The monoisotopic (exact) mass is 459 g/mol. The summed E-state index contributed by atoms with van der Waals surface area (Å²) in [5.74, 6) is 1.51. The predicted molar refractivity (Wildman–Crippen MR) is 134 cm³/mol. The minimum atomic E-state index is -0.694. The van der Waals surface area contributed by atoms with E-state index < -0.39 is 6.04 Å². The van der Waals surface area contributed by atoms with E-state index in [2.05, 4.69) is 12.2 Å². The number of ether oxygens (including phenoxy) is 2. The number of carbonyl (C=O) groups excluding carboxylic acids is 2. The number of rotatable bonds is 13. The lowest BCUT2D eigenvalue weighted by Gasteiger charge is -2.19. The number of para-hydroxylation sites is 1. The normalized spacial score (nSPS) is 12.5. The Morgan fingerprint density at radius 1 is 0.824 bits per heavy atom. The van der Waals surface area contributed by atoms with Crippen molar-refractivity contribution >= 4 is 11.7 Å². The third kappa shape index (κ3) is 8.49. The van der Waals surface area contributed by atoms with Crippen LogP contribution in [-0.2, 0) is 27.4 Å².